The Kier molecular flexibility index (Phi) is 6.67. The zero-order chi connectivity index (χ0) is 19.1. The molecular weight excluding hydrogens is 326 g/mol. The molecule has 0 atom stereocenters. The SMILES string of the molecule is C\C=C/C(=C(CC)/C(C)=C/c1c(CC)ncn1-c1ccccc1)[N+](=O)[O-]. The summed E-state index contributed by atoms with van der Waals surface area (Å²) in [6, 6.07) is 9.98. The number of nitro groups is 1. The number of rotatable bonds is 7. The van der Waals surface area contributed by atoms with Gasteiger partial charge in [-0.3, -0.25) is 14.7 Å². The van der Waals surface area contributed by atoms with Crippen molar-refractivity contribution < 1.29 is 4.92 Å². The van der Waals surface area contributed by atoms with E-state index in [0.29, 0.717) is 6.42 Å². The predicted molar refractivity (Wildman–Crippen MR) is 106 cm³/mol. The molecule has 0 bridgehead atoms. The van der Waals surface area contributed by atoms with Crippen LogP contribution in [0.25, 0.3) is 11.8 Å². The van der Waals surface area contributed by atoms with Crippen LogP contribution in [0.4, 0.5) is 0 Å². The molecule has 1 aromatic carbocycles. The van der Waals surface area contributed by atoms with Gasteiger partial charge in [0.25, 0.3) is 5.70 Å². The van der Waals surface area contributed by atoms with Crippen LogP contribution < -0.4 is 0 Å². The zero-order valence-electron chi connectivity index (χ0n) is 15.8. The van der Waals surface area contributed by atoms with Crippen LogP contribution in [0.15, 0.2) is 65.7 Å². The second kappa shape index (κ2) is 8.94. The van der Waals surface area contributed by atoms with E-state index in [1.165, 1.54) is 0 Å². The Labute approximate surface area is 154 Å². The summed E-state index contributed by atoms with van der Waals surface area (Å²) in [5, 5.41) is 11.5. The van der Waals surface area contributed by atoms with Crippen LogP contribution in [0, 0.1) is 10.1 Å². The van der Waals surface area contributed by atoms with Gasteiger partial charge in [0, 0.05) is 17.3 Å². The van der Waals surface area contributed by atoms with Crippen molar-refractivity contribution in [2.24, 2.45) is 0 Å². The molecule has 0 fully saturated rings. The van der Waals surface area contributed by atoms with E-state index in [0.717, 1.165) is 34.6 Å². The lowest BCUT2D eigenvalue weighted by molar-refractivity contribution is -0.420. The first kappa shape index (κ1) is 19.4. The lowest BCUT2D eigenvalue weighted by Crippen LogP contribution is -2.03. The van der Waals surface area contributed by atoms with Crippen LogP contribution in [0.5, 0.6) is 0 Å². The third-order valence-electron chi connectivity index (χ3n) is 4.27. The minimum atomic E-state index is -0.314. The van der Waals surface area contributed by atoms with Gasteiger partial charge in [-0.05, 0) is 50.5 Å². The molecule has 136 valence electrons. The van der Waals surface area contributed by atoms with Gasteiger partial charge < -0.3 is 0 Å². The molecule has 1 heterocycles. The predicted octanol–water partition coefficient (Wildman–Crippen LogP) is 5.35. The standard InChI is InChI=1S/C21H25N3O2/c1-5-11-20(24(25)26)18(6-2)16(4)14-21-19(7-3)22-15-23(21)17-12-9-8-10-13-17/h5,8-15H,6-7H2,1-4H3/b11-5-,16-14+,20-18-. The lowest BCUT2D eigenvalue weighted by Gasteiger charge is -2.10. The summed E-state index contributed by atoms with van der Waals surface area (Å²) < 4.78 is 2.02. The number of hydrogen-bond acceptors (Lipinski definition) is 3. The second-order valence-corrected chi connectivity index (χ2v) is 5.94. The normalized spacial score (nSPS) is 13.2. The van der Waals surface area contributed by atoms with Gasteiger partial charge in [0.15, 0.2) is 0 Å². The van der Waals surface area contributed by atoms with Crippen molar-refractivity contribution in [2.75, 3.05) is 0 Å². The van der Waals surface area contributed by atoms with E-state index in [4.69, 9.17) is 0 Å². The van der Waals surface area contributed by atoms with E-state index in [2.05, 4.69) is 11.9 Å². The van der Waals surface area contributed by atoms with Crippen LogP contribution in [0.2, 0.25) is 0 Å². The Balaban J connectivity index is 2.62. The number of para-hydroxylation sites is 1. The first-order valence-electron chi connectivity index (χ1n) is 8.83. The average Bonchev–Trinajstić information content (AvgIpc) is 3.04. The number of hydrogen-bond donors (Lipinski definition) is 0. The second-order valence-electron chi connectivity index (χ2n) is 5.94. The van der Waals surface area contributed by atoms with Gasteiger partial charge in [-0.2, -0.15) is 0 Å². The molecule has 2 aromatic rings. The molecule has 0 aliphatic heterocycles. The van der Waals surface area contributed by atoms with Gasteiger partial charge in [-0.1, -0.05) is 38.1 Å². The van der Waals surface area contributed by atoms with Crippen molar-refractivity contribution in [3.8, 4) is 5.69 Å². The van der Waals surface area contributed by atoms with Crippen LogP contribution in [-0.4, -0.2) is 14.5 Å². The summed E-state index contributed by atoms with van der Waals surface area (Å²) >= 11 is 0. The number of allylic oxidation sites excluding steroid dienone is 4. The lowest BCUT2D eigenvalue weighted by atomic mass is 10.0. The molecule has 0 N–H and O–H groups in total. The largest absolute Gasteiger partial charge is 0.299 e. The molecule has 0 aliphatic rings. The first-order valence-corrected chi connectivity index (χ1v) is 8.83. The molecule has 26 heavy (non-hydrogen) atoms. The van der Waals surface area contributed by atoms with Gasteiger partial charge in [-0.15, -0.1) is 0 Å². The van der Waals surface area contributed by atoms with Crippen molar-refractivity contribution in [3.05, 3.63) is 87.2 Å². The Morgan fingerprint density at radius 1 is 1.27 bits per heavy atom. The van der Waals surface area contributed by atoms with Crippen molar-refractivity contribution in [1.29, 1.82) is 0 Å². The monoisotopic (exact) mass is 351 g/mol. The summed E-state index contributed by atoms with van der Waals surface area (Å²) in [6.45, 7) is 7.71. The molecule has 0 saturated carbocycles. The molecule has 5 nitrogen and oxygen atoms in total. The van der Waals surface area contributed by atoms with Gasteiger partial charge >= 0.3 is 0 Å². The number of aryl methyl sites for hydroxylation is 1. The maximum atomic E-state index is 11.5. The molecule has 0 radical (unpaired) electrons. The quantitative estimate of drug-likeness (QED) is 0.383. The Morgan fingerprint density at radius 2 is 1.96 bits per heavy atom. The van der Waals surface area contributed by atoms with Gasteiger partial charge in [0.1, 0.15) is 0 Å². The molecule has 0 unspecified atom stereocenters. The van der Waals surface area contributed by atoms with E-state index >= 15 is 0 Å². The van der Waals surface area contributed by atoms with Crippen molar-refractivity contribution in [1.82, 2.24) is 9.55 Å². The highest BCUT2D eigenvalue weighted by Crippen LogP contribution is 2.25. The summed E-state index contributed by atoms with van der Waals surface area (Å²) in [4.78, 5) is 15.7. The topological polar surface area (TPSA) is 61.0 Å². The highest BCUT2D eigenvalue weighted by atomic mass is 16.6. The van der Waals surface area contributed by atoms with Crippen LogP contribution in [-0.2, 0) is 6.42 Å². The maximum Gasteiger partial charge on any atom is 0.272 e. The fourth-order valence-electron chi connectivity index (χ4n) is 3.00. The molecule has 5 heteroatoms. The summed E-state index contributed by atoms with van der Waals surface area (Å²) in [7, 11) is 0. The van der Waals surface area contributed by atoms with E-state index < -0.39 is 0 Å². The molecule has 0 spiro atoms. The molecule has 2 rings (SSSR count). The van der Waals surface area contributed by atoms with Crippen molar-refractivity contribution in [2.45, 2.75) is 40.5 Å². The Morgan fingerprint density at radius 3 is 2.50 bits per heavy atom. The fraction of sp³-hybridized carbons (Fsp3) is 0.286. The third-order valence-corrected chi connectivity index (χ3v) is 4.27. The highest BCUT2D eigenvalue weighted by Gasteiger charge is 2.17. The highest BCUT2D eigenvalue weighted by molar-refractivity contribution is 5.60. The molecular formula is C21H25N3O2. The minimum Gasteiger partial charge on any atom is -0.299 e. The van der Waals surface area contributed by atoms with Gasteiger partial charge in [0.05, 0.1) is 22.6 Å². The molecule has 0 amide bonds. The smallest absolute Gasteiger partial charge is 0.272 e. The van der Waals surface area contributed by atoms with Gasteiger partial charge in [-0.25, -0.2) is 4.98 Å². The van der Waals surface area contributed by atoms with E-state index in [9.17, 15) is 10.1 Å². The van der Waals surface area contributed by atoms with Crippen LogP contribution in [0.1, 0.15) is 45.5 Å². The number of nitrogens with zero attached hydrogens (tertiary/aromatic N) is 3. The van der Waals surface area contributed by atoms with Crippen molar-refractivity contribution in [3.63, 3.8) is 0 Å². The maximum absolute atomic E-state index is 11.5. The minimum absolute atomic E-state index is 0.146. The number of aromatic nitrogens is 2. The molecule has 1 aromatic heterocycles. The van der Waals surface area contributed by atoms with E-state index in [-0.39, 0.29) is 10.6 Å². The summed E-state index contributed by atoms with van der Waals surface area (Å²) in [6.07, 6.45) is 8.46. The molecule has 0 saturated heterocycles. The average molecular weight is 351 g/mol. The summed E-state index contributed by atoms with van der Waals surface area (Å²) in [5.74, 6) is 0. The third kappa shape index (κ3) is 4.17. The van der Waals surface area contributed by atoms with Gasteiger partial charge in [0.2, 0.25) is 0 Å². The zero-order valence-corrected chi connectivity index (χ0v) is 15.8. The summed E-state index contributed by atoms with van der Waals surface area (Å²) in [5.41, 5.74) is 4.71. The Hall–Kier alpha value is -2.95. The molecule has 0 aliphatic carbocycles. The fourth-order valence-corrected chi connectivity index (χ4v) is 3.00. The van der Waals surface area contributed by atoms with E-state index in [1.54, 1.807) is 19.1 Å². The number of benzene rings is 1. The van der Waals surface area contributed by atoms with Crippen LogP contribution in [0.3, 0.4) is 0 Å². The number of imidazole rings is 1. The van der Waals surface area contributed by atoms with Crippen LogP contribution >= 0.6 is 0 Å². The first-order chi connectivity index (χ1) is 12.5. The Bertz CT molecular complexity index is 859. The van der Waals surface area contributed by atoms with Crippen molar-refractivity contribution >= 4 is 6.08 Å². The van der Waals surface area contributed by atoms with E-state index in [1.807, 2.05) is 61.1 Å².